The van der Waals surface area contributed by atoms with E-state index in [1.807, 2.05) is 0 Å². The van der Waals surface area contributed by atoms with Gasteiger partial charge < -0.3 is 24.8 Å². The fraction of sp³-hybridized carbons (Fsp3) is 0.533. The van der Waals surface area contributed by atoms with Crippen LogP contribution in [0.5, 0.6) is 5.88 Å². The number of nitrogens with zero attached hydrogens (tertiary/aromatic N) is 4. The number of nitrogen functional groups attached to an aromatic ring is 1. The number of fused-ring (bicyclic) bond motifs is 1. The molecule has 2 aromatic heterocycles. The molecule has 3 rings (SSSR count). The Morgan fingerprint density at radius 2 is 2.25 bits per heavy atom. The number of hydrogen-bond acceptors (Lipinski definition) is 9. The molecule has 1 aliphatic rings. The third-order valence-electron chi connectivity index (χ3n) is 4.11. The normalized spacial score (nSPS) is 31.0. The van der Waals surface area contributed by atoms with Crippen LogP contribution in [0.15, 0.2) is 6.33 Å². The largest absolute Gasteiger partial charge is 0.476 e. The lowest BCUT2D eigenvalue weighted by molar-refractivity contribution is -0.201. The Labute approximate surface area is 158 Å². The summed E-state index contributed by atoms with van der Waals surface area (Å²) < 4.78 is 57.8. The summed E-state index contributed by atoms with van der Waals surface area (Å²) in [5.74, 6) is -1.50. The lowest BCUT2D eigenvalue weighted by Gasteiger charge is -2.24. The van der Waals surface area contributed by atoms with E-state index in [1.54, 1.807) is 12.8 Å². The van der Waals surface area contributed by atoms with Crippen molar-refractivity contribution in [2.75, 3.05) is 25.6 Å². The highest BCUT2D eigenvalue weighted by Gasteiger charge is 2.66. The first-order valence-electron chi connectivity index (χ1n) is 8.14. The van der Waals surface area contributed by atoms with E-state index < -0.39 is 38.5 Å². The molecule has 0 saturated carbocycles. The smallest absolute Gasteiger partial charge is 0.265 e. The number of anilines is 1. The third-order valence-corrected chi connectivity index (χ3v) is 4.66. The molecule has 3 N–H and O–H groups in total. The molecule has 2 aromatic rings. The Bertz CT molecular complexity index is 968. The predicted molar refractivity (Wildman–Crippen MR) is 94.4 cm³/mol. The third kappa shape index (κ3) is 3.20. The van der Waals surface area contributed by atoms with Crippen LogP contribution in [0.1, 0.15) is 13.2 Å². The van der Waals surface area contributed by atoms with Gasteiger partial charge in [0, 0.05) is 6.66 Å². The molecule has 1 aliphatic heterocycles. The van der Waals surface area contributed by atoms with E-state index in [-0.39, 0.29) is 29.6 Å². The van der Waals surface area contributed by atoms with Crippen molar-refractivity contribution in [2.45, 2.75) is 30.8 Å². The summed E-state index contributed by atoms with van der Waals surface area (Å²) in [5, 5.41) is 10.2. The van der Waals surface area contributed by atoms with Crippen LogP contribution >= 0.6 is 8.03 Å². The van der Waals surface area contributed by atoms with Gasteiger partial charge in [0.25, 0.3) is 5.85 Å². The molecule has 1 saturated heterocycles. The number of aromatic nitrogens is 4. The number of aliphatic hydroxyl groups is 1. The van der Waals surface area contributed by atoms with Gasteiger partial charge in [-0.3, -0.25) is 9.13 Å². The zero-order valence-corrected chi connectivity index (χ0v) is 15.9. The number of terminal acetylenes is 1. The maximum absolute atomic E-state index is 15.4. The van der Waals surface area contributed by atoms with Crippen molar-refractivity contribution in [2.24, 2.45) is 0 Å². The number of nitrogens with two attached hydrogens (primary N) is 1. The van der Waals surface area contributed by atoms with E-state index in [0.717, 1.165) is 10.9 Å². The molecule has 0 bridgehead atoms. The molecular weight excluding hydrogens is 399 g/mol. The zero-order valence-electron chi connectivity index (χ0n) is 14.9. The van der Waals surface area contributed by atoms with E-state index in [1.165, 1.54) is 6.66 Å². The second kappa shape index (κ2) is 7.25. The molecule has 0 amide bonds. The lowest BCUT2D eigenvalue weighted by Crippen LogP contribution is -2.47. The van der Waals surface area contributed by atoms with Crippen molar-refractivity contribution >= 4 is 25.1 Å². The predicted octanol–water partition coefficient (Wildman–Crippen LogP) is 0.825. The van der Waals surface area contributed by atoms with Crippen LogP contribution < -0.4 is 10.5 Å². The van der Waals surface area contributed by atoms with Gasteiger partial charge >= 0.3 is 0 Å². The highest BCUT2D eigenvalue weighted by Crippen LogP contribution is 2.49. The van der Waals surface area contributed by atoms with Crippen molar-refractivity contribution in [1.29, 1.82) is 0 Å². The topological polar surface area (TPSA) is 135 Å². The summed E-state index contributed by atoms with van der Waals surface area (Å²) in [7, 11) is -2.58. The Kier molecular flexibility index (Phi) is 5.29. The monoisotopic (exact) mass is 417 g/mol. The number of imidazole rings is 1. The molecule has 0 aromatic carbocycles. The molecule has 0 spiro atoms. The summed E-state index contributed by atoms with van der Waals surface area (Å²) in [6.07, 6.45) is 2.03. The lowest BCUT2D eigenvalue weighted by atomic mass is 9.96. The highest BCUT2D eigenvalue weighted by molar-refractivity contribution is 7.38. The maximum atomic E-state index is 15.4. The van der Waals surface area contributed by atoms with Crippen LogP contribution in [0.2, 0.25) is 0 Å². The molecule has 152 valence electrons. The number of rotatable bonds is 6. The van der Waals surface area contributed by atoms with Crippen molar-refractivity contribution in [3.8, 4) is 18.2 Å². The van der Waals surface area contributed by atoms with Gasteiger partial charge in [-0.05, 0) is 6.92 Å². The minimum atomic E-state index is -3.06. The van der Waals surface area contributed by atoms with Crippen LogP contribution in [0.4, 0.5) is 14.7 Å². The second-order valence-electron chi connectivity index (χ2n) is 6.00. The summed E-state index contributed by atoms with van der Waals surface area (Å²) in [6, 6.07) is 0. The van der Waals surface area contributed by atoms with E-state index >= 15 is 8.78 Å². The van der Waals surface area contributed by atoms with Crippen LogP contribution in [0, 0.1) is 12.3 Å². The second-order valence-corrected chi connectivity index (χ2v) is 7.27. The van der Waals surface area contributed by atoms with Crippen molar-refractivity contribution in [3.63, 3.8) is 0 Å². The number of alkyl halides is 2. The molecule has 5 atom stereocenters. The Balaban J connectivity index is 2.09. The van der Waals surface area contributed by atoms with Crippen molar-refractivity contribution < 1.29 is 32.4 Å². The molecule has 28 heavy (non-hydrogen) atoms. The minimum absolute atomic E-state index is 0.0342. The van der Waals surface area contributed by atoms with Gasteiger partial charge in [-0.25, -0.2) is 13.8 Å². The fourth-order valence-corrected chi connectivity index (χ4v) is 3.22. The molecule has 3 heterocycles. The average molecular weight is 417 g/mol. The van der Waals surface area contributed by atoms with E-state index in [0.29, 0.717) is 0 Å². The van der Waals surface area contributed by atoms with E-state index in [2.05, 4.69) is 15.0 Å². The zero-order chi connectivity index (χ0) is 20.7. The van der Waals surface area contributed by atoms with Crippen molar-refractivity contribution in [3.05, 3.63) is 6.33 Å². The molecular formula is C15H18F2N5O5P. The highest BCUT2D eigenvalue weighted by atomic mass is 31.1. The maximum Gasteiger partial charge on any atom is 0.265 e. The standard InChI is InChI=1S/C15H18F2N5O5P/c1-4-14(16)11(23)15(17,6-26-28(3)24)27-12(14)22-7-19-8-9(22)20-13(18)21-10(8)25-5-2/h1,7,11-12,23,28H,5-6H2,2-3H3,(H2,18,20,21)/t11-,12+,14+,15+/m0/s1. The summed E-state index contributed by atoms with van der Waals surface area (Å²) in [6.45, 7) is 2.17. The molecule has 1 unspecified atom stereocenters. The van der Waals surface area contributed by atoms with Crippen LogP contribution in [-0.4, -0.2) is 62.1 Å². The Morgan fingerprint density at radius 3 is 2.86 bits per heavy atom. The van der Waals surface area contributed by atoms with Crippen molar-refractivity contribution in [1.82, 2.24) is 19.5 Å². The summed E-state index contributed by atoms with van der Waals surface area (Å²) in [5.41, 5.74) is 2.71. The molecule has 10 nitrogen and oxygen atoms in total. The first kappa shape index (κ1) is 20.4. The average Bonchev–Trinajstić information content (AvgIpc) is 3.14. The molecule has 0 aliphatic carbocycles. The van der Waals surface area contributed by atoms with Crippen LogP contribution in [0.25, 0.3) is 11.2 Å². The number of aliphatic hydroxyl groups excluding tert-OH is 1. The van der Waals surface area contributed by atoms with Crippen LogP contribution in [0.3, 0.4) is 0 Å². The van der Waals surface area contributed by atoms with Gasteiger partial charge in [-0.2, -0.15) is 9.97 Å². The molecule has 0 radical (unpaired) electrons. The van der Waals surface area contributed by atoms with E-state index in [4.69, 9.17) is 26.2 Å². The van der Waals surface area contributed by atoms with Gasteiger partial charge in [-0.1, -0.05) is 5.92 Å². The van der Waals surface area contributed by atoms with Gasteiger partial charge in [0.1, 0.15) is 6.61 Å². The van der Waals surface area contributed by atoms with Crippen LogP contribution in [-0.2, 0) is 13.8 Å². The summed E-state index contributed by atoms with van der Waals surface area (Å²) >= 11 is 0. The first-order valence-corrected chi connectivity index (χ1v) is 9.95. The van der Waals surface area contributed by atoms with E-state index in [9.17, 15) is 9.67 Å². The Morgan fingerprint density at radius 1 is 1.54 bits per heavy atom. The molecule has 1 fully saturated rings. The quantitative estimate of drug-likeness (QED) is 0.517. The van der Waals surface area contributed by atoms with Gasteiger partial charge in [-0.15, -0.1) is 6.42 Å². The fourth-order valence-electron chi connectivity index (χ4n) is 2.82. The first-order chi connectivity index (χ1) is 13.2. The van der Waals surface area contributed by atoms with Gasteiger partial charge in [0.05, 0.1) is 12.9 Å². The molecule has 13 heteroatoms. The van der Waals surface area contributed by atoms with Gasteiger partial charge in [0.15, 0.2) is 31.5 Å². The van der Waals surface area contributed by atoms with Gasteiger partial charge in [0.2, 0.25) is 17.5 Å². The minimum Gasteiger partial charge on any atom is -0.476 e. The number of ether oxygens (including phenoxy) is 2. The number of halogens is 2. The summed E-state index contributed by atoms with van der Waals surface area (Å²) in [4.78, 5) is 11.9. The number of hydrogen-bond donors (Lipinski definition) is 2. The SMILES string of the molecule is C#C[C@]1(F)[C@H](n2cnc3c(OCC)nc(N)nc32)O[C@](F)(CO[PH](C)=O)[C@H]1O. The Hall–Kier alpha value is -2.32.